The summed E-state index contributed by atoms with van der Waals surface area (Å²) in [5.41, 5.74) is -0.0483. The van der Waals surface area contributed by atoms with E-state index in [1.165, 1.54) is 11.8 Å². The molecule has 1 atom stereocenters. The van der Waals surface area contributed by atoms with Crippen LogP contribution in [0.4, 0.5) is 0 Å². The molecule has 0 rings (SSSR count). The van der Waals surface area contributed by atoms with Crippen molar-refractivity contribution in [2.45, 2.75) is 27.2 Å². The van der Waals surface area contributed by atoms with Crippen molar-refractivity contribution >= 4 is 23.6 Å². The number of rotatable bonds is 6. The van der Waals surface area contributed by atoms with E-state index in [2.05, 4.69) is 5.32 Å². The Balaban J connectivity index is 4.15. The molecule has 5 heteroatoms. The number of hydrogen-bond acceptors (Lipinski definition) is 3. The lowest BCUT2D eigenvalue weighted by molar-refractivity contribution is -0.142. The monoisotopic (exact) mass is 247 g/mol. The number of amides is 1. The van der Waals surface area contributed by atoms with Gasteiger partial charge in [0, 0.05) is 6.54 Å². The van der Waals surface area contributed by atoms with Gasteiger partial charge in [0.15, 0.2) is 0 Å². The van der Waals surface area contributed by atoms with Gasteiger partial charge in [-0.2, -0.15) is 11.8 Å². The molecule has 1 amide bonds. The number of hydrogen-bond donors (Lipinski definition) is 2. The Morgan fingerprint density at radius 2 is 1.94 bits per heavy atom. The van der Waals surface area contributed by atoms with Crippen LogP contribution in [0.2, 0.25) is 0 Å². The summed E-state index contributed by atoms with van der Waals surface area (Å²) in [6.07, 6.45) is 2.39. The summed E-state index contributed by atoms with van der Waals surface area (Å²) in [5.74, 6) is -1.08. The molecule has 0 aromatic heterocycles. The summed E-state index contributed by atoms with van der Waals surface area (Å²) in [7, 11) is 0. The summed E-state index contributed by atoms with van der Waals surface area (Å²) in [6.45, 7) is 6.19. The minimum atomic E-state index is -0.848. The summed E-state index contributed by atoms with van der Waals surface area (Å²) in [4.78, 5) is 22.2. The smallest absolute Gasteiger partial charge is 0.308 e. The third kappa shape index (κ3) is 7.56. The zero-order chi connectivity index (χ0) is 12.8. The molecule has 4 nitrogen and oxygen atoms in total. The van der Waals surface area contributed by atoms with Crippen LogP contribution in [0.3, 0.4) is 0 Å². The second-order valence-electron chi connectivity index (χ2n) is 5.04. The Kier molecular flexibility index (Phi) is 6.48. The topological polar surface area (TPSA) is 66.4 Å². The van der Waals surface area contributed by atoms with E-state index in [1.807, 2.05) is 27.0 Å². The van der Waals surface area contributed by atoms with Crippen LogP contribution in [0.5, 0.6) is 0 Å². The predicted molar refractivity (Wildman–Crippen MR) is 66.6 cm³/mol. The van der Waals surface area contributed by atoms with Crippen LogP contribution in [0, 0.1) is 11.3 Å². The highest BCUT2D eigenvalue weighted by molar-refractivity contribution is 7.99. The molecule has 0 saturated carbocycles. The Morgan fingerprint density at radius 3 is 2.31 bits per heavy atom. The lowest BCUT2D eigenvalue weighted by Crippen LogP contribution is -2.35. The van der Waals surface area contributed by atoms with E-state index in [9.17, 15) is 9.59 Å². The third-order valence-corrected chi connectivity index (χ3v) is 2.58. The Morgan fingerprint density at radius 1 is 1.38 bits per heavy atom. The fourth-order valence-corrected chi connectivity index (χ4v) is 1.77. The maximum absolute atomic E-state index is 11.2. The Hall–Kier alpha value is -0.710. The van der Waals surface area contributed by atoms with Crippen molar-refractivity contribution in [3.05, 3.63) is 0 Å². The van der Waals surface area contributed by atoms with Gasteiger partial charge in [0.25, 0.3) is 0 Å². The Bertz CT molecular complexity index is 248. The lowest BCUT2D eigenvalue weighted by atomic mass is 9.84. The first-order valence-corrected chi connectivity index (χ1v) is 6.64. The van der Waals surface area contributed by atoms with Crippen molar-refractivity contribution in [1.82, 2.24) is 5.32 Å². The van der Waals surface area contributed by atoms with E-state index in [0.29, 0.717) is 12.2 Å². The van der Waals surface area contributed by atoms with Crippen LogP contribution >= 0.6 is 11.8 Å². The summed E-state index contributed by atoms with van der Waals surface area (Å²) < 4.78 is 0. The van der Waals surface area contributed by atoms with Gasteiger partial charge in [0.1, 0.15) is 0 Å². The molecular weight excluding hydrogens is 226 g/mol. The fourth-order valence-electron chi connectivity index (χ4n) is 1.41. The van der Waals surface area contributed by atoms with E-state index in [-0.39, 0.29) is 17.9 Å². The minimum Gasteiger partial charge on any atom is -0.481 e. The number of thioether (sulfide) groups is 1. The van der Waals surface area contributed by atoms with Crippen molar-refractivity contribution in [3.63, 3.8) is 0 Å². The first-order valence-electron chi connectivity index (χ1n) is 5.24. The van der Waals surface area contributed by atoms with Crippen LogP contribution in [0.1, 0.15) is 27.2 Å². The van der Waals surface area contributed by atoms with E-state index in [0.717, 1.165) is 0 Å². The van der Waals surface area contributed by atoms with Gasteiger partial charge in [-0.1, -0.05) is 20.8 Å². The SMILES string of the molecule is CSCC(=O)NCC(CC(C)(C)C)C(=O)O. The first-order chi connectivity index (χ1) is 7.26. The second-order valence-corrected chi connectivity index (χ2v) is 5.90. The van der Waals surface area contributed by atoms with E-state index in [4.69, 9.17) is 5.11 Å². The molecule has 0 aromatic rings. The molecule has 0 aliphatic carbocycles. The van der Waals surface area contributed by atoms with Crippen molar-refractivity contribution in [2.24, 2.45) is 11.3 Å². The van der Waals surface area contributed by atoms with E-state index < -0.39 is 11.9 Å². The fraction of sp³-hybridized carbons (Fsp3) is 0.818. The van der Waals surface area contributed by atoms with Gasteiger partial charge in [-0.05, 0) is 18.1 Å². The number of carbonyl (C=O) groups excluding carboxylic acids is 1. The molecule has 0 saturated heterocycles. The third-order valence-electron chi connectivity index (χ3n) is 2.03. The average molecular weight is 247 g/mol. The molecule has 0 radical (unpaired) electrons. The second kappa shape index (κ2) is 6.78. The molecule has 2 N–H and O–H groups in total. The number of nitrogens with one attached hydrogen (secondary N) is 1. The average Bonchev–Trinajstić information content (AvgIpc) is 2.10. The number of carbonyl (C=O) groups is 2. The standard InChI is InChI=1S/C11H21NO3S/c1-11(2,3)5-8(10(14)15)6-12-9(13)7-16-4/h8H,5-7H2,1-4H3,(H,12,13)(H,14,15). The predicted octanol–water partition coefficient (Wildman–Crippen LogP) is 1.60. The molecule has 94 valence electrons. The summed E-state index contributed by atoms with van der Waals surface area (Å²) in [5, 5.41) is 11.7. The van der Waals surface area contributed by atoms with Gasteiger partial charge in [0.2, 0.25) is 5.91 Å². The lowest BCUT2D eigenvalue weighted by Gasteiger charge is -2.23. The van der Waals surface area contributed by atoms with Crippen molar-refractivity contribution in [2.75, 3.05) is 18.6 Å². The van der Waals surface area contributed by atoms with Crippen LogP contribution in [0.25, 0.3) is 0 Å². The molecule has 0 bridgehead atoms. The maximum Gasteiger partial charge on any atom is 0.308 e. The highest BCUT2D eigenvalue weighted by Gasteiger charge is 2.24. The van der Waals surface area contributed by atoms with E-state index in [1.54, 1.807) is 0 Å². The molecule has 0 heterocycles. The van der Waals surface area contributed by atoms with Crippen LogP contribution < -0.4 is 5.32 Å². The summed E-state index contributed by atoms with van der Waals surface area (Å²) in [6, 6.07) is 0. The largest absolute Gasteiger partial charge is 0.481 e. The van der Waals surface area contributed by atoms with Crippen LogP contribution in [-0.2, 0) is 9.59 Å². The van der Waals surface area contributed by atoms with Crippen molar-refractivity contribution in [1.29, 1.82) is 0 Å². The van der Waals surface area contributed by atoms with Crippen LogP contribution in [-0.4, -0.2) is 35.5 Å². The van der Waals surface area contributed by atoms with Gasteiger partial charge in [-0.3, -0.25) is 9.59 Å². The van der Waals surface area contributed by atoms with Gasteiger partial charge < -0.3 is 10.4 Å². The Labute approximate surface area is 101 Å². The van der Waals surface area contributed by atoms with Gasteiger partial charge in [-0.15, -0.1) is 0 Å². The molecular formula is C11H21NO3S. The van der Waals surface area contributed by atoms with Crippen molar-refractivity contribution < 1.29 is 14.7 Å². The zero-order valence-corrected chi connectivity index (χ0v) is 11.2. The molecule has 0 aromatic carbocycles. The molecule has 1 unspecified atom stereocenters. The molecule has 0 aliphatic heterocycles. The number of carboxylic acids is 1. The maximum atomic E-state index is 11.2. The van der Waals surface area contributed by atoms with E-state index >= 15 is 0 Å². The van der Waals surface area contributed by atoms with Crippen LogP contribution in [0.15, 0.2) is 0 Å². The highest BCUT2D eigenvalue weighted by atomic mass is 32.2. The molecule has 0 fully saturated rings. The first kappa shape index (κ1) is 15.3. The number of aliphatic carboxylic acids is 1. The van der Waals surface area contributed by atoms with Gasteiger partial charge >= 0.3 is 5.97 Å². The quantitative estimate of drug-likeness (QED) is 0.748. The summed E-state index contributed by atoms with van der Waals surface area (Å²) >= 11 is 1.42. The molecule has 0 aliphatic rings. The zero-order valence-electron chi connectivity index (χ0n) is 10.4. The van der Waals surface area contributed by atoms with Gasteiger partial charge in [0.05, 0.1) is 11.7 Å². The van der Waals surface area contributed by atoms with Crippen molar-refractivity contribution in [3.8, 4) is 0 Å². The minimum absolute atomic E-state index is 0.0483. The van der Waals surface area contributed by atoms with Gasteiger partial charge in [-0.25, -0.2) is 0 Å². The highest BCUT2D eigenvalue weighted by Crippen LogP contribution is 2.24. The molecule has 0 spiro atoms. The normalized spacial score (nSPS) is 13.2. The molecule has 16 heavy (non-hydrogen) atoms. The number of carboxylic acid groups (broad SMARTS) is 1.